The molecule has 1 unspecified atom stereocenters. The Kier molecular flexibility index (Phi) is 5.69. The topological polar surface area (TPSA) is 55.4 Å². The first kappa shape index (κ1) is 13.7. The van der Waals surface area contributed by atoms with Crippen molar-refractivity contribution in [2.45, 2.75) is 32.7 Å². The highest BCUT2D eigenvalue weighted by Gasteiger charge is 2.16. The fraction of sp³-hybridized carbons (Fsp3) is 0.500. The van der Waals surface area contributed by atoms with Crippen molar-refractivity contribution in [3.8, 4) is 0 Å². The fourth-order valence-electron chi connectivity index (χ4n) is 1.33. The minimum Gasteiger partial charge on any atom is -0.464 e. The summed E-state index contributed by atoms with van der Waals surface area (Å²) in [5.74, 6) is -0.518. The van der Waals surface area contributed by atoms with Crippen LogP contribution in [0.5, 0.6) is 0 Å². The van der Waals surface area contributed by atoms with E-state index < -0.39 is 12.0 Å². The number of amides is 1. The van der Waals surface area contributed by atoms with Crippen LogP contribution in [0.15, 0.2) is 17.5 Å². The number of esters is 1. The van der Waals surface area contributed by atoms with E-state index in [1.807, 2.05) is 17.5 Å². The number of thiophene rings is 1. The summed E-state index contributed by atoms with van der Waals surface area (Å²) in [6.45, 7) is 3.69. The summed E-state index contributed by atoms with van der Waals surface area (Å²) in [6, 6.07) is 3.37. The summed E-state index contributed by atoms with van der Waals surface area (Å²) < 4.78 is 4.80. The van der Waals surface area contributed by atoms with E-state index in [0.29, 0.717) is 19.4 Å². The van der Waals surface area contributed by atoms with Gasteiger partial charge in [0.05, 0.1) is 6.61 Å². The van der Waals surface area contributed by atoms with Gasteiger partial charge in [-0.05, 0) is 31.7 Å². The zero-order valence-electron chi connectivity index (χ0n) is 10.1. The quantitative estimate of drug-likeness (QED) is 0.788. The molecule has 0 saturated carbocycles. The van der Waals surface area contributed by atoms with E-state index in [4.69, 9.17) is 4.74 Å². The smallest absolute Gasteiger partial charge is 0.328 e. The van der Waals surface area contributed by atoms with E-state index in [0.717, 1.165) is 0 Å². The molecule has 0 bridgehead atoms. The Morgan fingerprint density at radius 3 is 2.88 bits per heavy atom. The van der Waals surface area contributed by atoms with Crippen LogP contribution in [0.3, 0.4) is 0 Å². The lowest BCUT2D eigenvalue weighted by molar-refractivity contribution is -0.146. The molecule has 1 atom stereocenters. The van der Waals surface area contributed by atoms with Gasteiger partial charge >= 0.3 is 5.97 Å². The number of carbonyl (C=O) groups excluding carboxylic acids is 2. The normalized spacial score (nSPS) is 11.9. The predicted octanol–water partition coefficient (Wildman–Crippen LogP) is 1.75. The highest BCUT2D eigenvalue weighted by Crippen LogP contribution is 2.10. The van der Waals surface area contributed by atoms with Gasteiger partial charge in [-0.2, -0.15) is 0 Å². The Hall–Kier alpha value is -1.36. The summed E-state index contributed by atoms with van der Waals surface area (Å²) in [4.78, 5) is 24.0. The van der Waals surface area contributed by atoms with Gasteiger partial charge in [-0.3, -0.25) is 4.79 Å². The lowest BCUT2D eigenvalue weighted by atomic mass is 10.2. The molecule has 0 fully saturated rings. The largest absolute Gasteiger partial charge is 0.464 e. The van der Waals surface area contributed by atoms with Crippen molar-refractivity contribution in [2.24, 2.45) is 0 Å². The number of rotatable bonds is 6. The van der Waals surface area contributed by atoms with Gasteiger partial charge in [-0.25, -0.2) is 4.79 Å². The minimum absolute atomic E-state index is 0.126. The molecule has 17 heavy (non-hydrogen) atoms. The molecule has 0 aliphatic carbocycles. The van der Waals surface area contributed by atoms with Gasteiger partial charge < -0.3 is 10.1 Å². The van der Waals surface area contributed by atoms with Crippen molar-refractivity contribution in [3.63, 3.8) is 0 Å². The molecule has 0 aromatic carbocycles. The second-order valence-electron chi connectivity index (χ2n) is 3.62. The van der Waals surface area contributed by atoms with E-state index in [2.05, 4.69) is 5.32 Å². The van der Waals surface area contributed by atoms with Crippen LogP contribution in [0.25, 0.3) is 0 Å². The standard InChI is InChI=1S/C12H17NO3S/c1-3-16-12(15)9(2)13-11(14)7-6-10-5-4-8-17-10/h4-5,8-9H,3,6-7H2,1-2H3,(H,13,14). The SMILES string of the molecule is CCOC(=O)C(C)NC(=O)CCc1cccs1. The maximum absolute atomic E-state index is 11.5. The molecule has 0 spiro atoms. The molecule has 1 amide bonds. The van der Waals surface area contributed by atoms with E-state index in [1.54, 1.807) is 25.2 Å². The summed E-state index contributed by atoms with van der Waals surface area (Å²) >= 11 is 1.63. The highest BCUT2D eigenvalue weighted by atomic mass is 32.1. The lowest BCUT2D eigenvalue weighted by Crippen LogP contribution is -2.39. The van der Waals surface area contributed by atoms with E-state index in [-0.39, 0.29) is 5.91 Å². The zero-order chi connectivity index (χ0) is 12.7. The first-order valence-corrected chi connectivity index (χ1v) is 6.49. The van der Waals surface area contributed by atoms with Gasteiger partial charge in [-0.15, -0.1) is 11.3 Å². The van der Waals surface area contributed by atoms with Crippen LogP contribution in [0.4, 0.5) is 0 Å². The van der Waals surface area contributed by atoms with Crippen LogP contribution in [0, 0.1) is 0 Å². The van der Waals surface area contributed by atoms with E-state index in [9.17, 15) is 9.59 Å². The number of hydrogen-bond acceptors (Lipinski definition) is 4. The minimum atomic E-state index is -0.578. The average molecular weight is 255 g/mol. The van der Waals surface area contributed by atoms with Crippen LogP contribution >= 0.6 is 11.3 Å². The first-order chi connectivity index (χ1) is 8.13. The Morgan fingerprint density at radius 1 is 1.53 bits per heavy atom. The monoisotopic (exact) mass is 255 g/mol. The van der Waals surface area contributed by atoms with Gasteiger partial charge in [0, 0.05) is 11.3 Å². The Labute approximate surface area is 105 Å². The molecule has 1 aromatic heterocycles. The molecule has 0 aliphatic rings. The van der Waals surface area contributed by atoms with Gasteiger partial charge in [-0.1, -0.05) is 6.07 Å². The third kappa shape index (κ3) is 4.99. The number of nitrogens with one attached hydrogen (secondary N) is 1. The number of aryl methyl sites for hydroxylation is 1. The number of ether oxygens (including phenoxy) is 1. The molecule has 0 saturated heterocycles. The summed E-state index contributed by atoms with van der Waals surface area (Å²) in [6.07, 6.45) is 1.10. The molecule has 4 nitrogen and oxygen atoms in total. The van der Waals surface area contributed by atoms with E-state index in [1.165, 1.54) is 4.88 Å². The molecule has 5 heteroatoms. The van der Waals surface area contributed by atoms with Crippen LogP contribution in [0.2, 0.25) is 0 Å². The Balaban J connectivity index is 2.27. The van der Waals surface area contributed by atoms with Gasteiger partial charge in [0.25, 0.3) is 0 Å². The molecular weight excluding hydrogens is 238 g/mol. The molecule has 0 radical (unpaired) electrons. The second kappa shape index (κ2) is 7.06. The average Bonchev–Trinajstić information content (AvgIpc) is 2.79. The fourth-order valence-corrected chi connectivity index (χ4v) is 2.04. The van der Waals surface area contributed by atoms with Crippen LogP contribution in [-0.2, 0) is 20.7 Å². The molecule has 0 aliphatic heterocycles. The van der Waals surface area contributed by atoms with Gasteiger partial charge in [0.1, 0.15) is 6.04 Å². The van der Waals surface area contributed by atoms with Crippen molar-refractivity contribution < 1.29 is 14.3 Å². The molecule has 1 heterocycles. The first-order valence-electron chi connectivity index (χ1n) is 5.62. The maximum atomic E-state index is 11.5. The lowest BCUT2D eigenvalue weighted by Gasteiger charge is -2.12. The van der Waals surface area contributed by atoms with E-state index >= 15 is 0 Å². The summed E-state index contributed by atoms with van der Waals surface area (Å²) in [5, 5.41) is 4.60. The van der Waals surface area contributed by atoms with Crippen LogP contribution < -0.4 is 5.32 Å². The molecule has 94 valence electrons. The van der Waals surface area contributed by atoms with Crippen molar-refractivity contribution in [1.82, 2.24) is 5.32 Å². The highest BCUT2D eigenvalue weighted by molar-refractivity contribution is 7.09. The molecular formula is C12H17NO3S. The van der Waals surface area contributed by atoms with Crippen molar-refractivity contribution in [1.29, 1.82) is 0 Å². The maximum Gasteiger partial charge on any atom is 0.328 e. The Morgan fingerprint density at radius 2 is 2.29 bits per heavy atom. The van der Waals surface area contributed by atoms with Crippen molar-refractivity contribution >= 4 is 23.2 Å². The second-order valence-corrected chi connectivity index (χ2v) is 4.65. The molecule has 1 N–H and O–H groups in total. The molecule has 1 rings (SSSR count). The van der Waals surface area contributed by atoms with Crippen LogP contribution in [0.1, 0.15) is 25.1 Å². The van der Waals surface area contributed by atoms with Crippen LogP contribution in [-0.4, -0.2) is 24.5 Å². The number of carbonyl (C=O) groups is 2. The zero-order valence-corrected chi connectivity index (χ0v) is 10.9. The third-order valence-corrected chi connectivity index (χ3v) is 3.13. The molecule has 1 aromatic rings. The van der Waals surface area contributed by atoms with Crippen molar-refractivity contribution in [2.75, 3.05) is 6.61 Å². The summed E-state index contributed by atoms with van der Waals surface area (Å²) in [7, 11) is 0. The van der Waals surface area contributed by atoms with Gasteiger partial charge in [0.2, 0.25) is 5.91 Å². The predicted molar refractivity (Wildman–Crippen MR) is 66.9 cm³/mol. The number of hydrogen-bond donors (Lipinski definition) is 1. The third-order valence-electron chi connectivity index (χ3n) is 2.20. The Bertz CT molecular complexity index is 362. The summed E-state index contributed by atoms with van der Waals surface area (Å²) in [5.41, 5.74) is 0. The van der Waals surface area contributed by atoms with Gasteiger partial charge in [0.15, 0.2) is 0 Å². The van der Waals surface area contributed by atoms with Crippen molar-refractivity contribution in [3.05, 3.63) is 22.4 Å².